The molecule has 0 bridgehead atoms. The minimum Gasteiger partial charge on any atom is -0.325 e. The normalized spacial score (nSPS) is 14.0. The van der Waals surface area contributed by atoms with Crippen molar-refractivity contribution < 1.29 is 18.0 Å². The standard InChI is InChI=1S/C18H19F3N2O/c1-12(14-6-4-3-5-7-14)22-13(2)17(24)23-16-10-8-15(9-11-16)18(19,20)21/h3-13,22H,1-2H3,(H,23,24)/t12-,13-/m0/s1. The summed E-state index contributed by atoms with van der Waals surface area (Å²) in [5.41, 5.74) is 0.630. The Labute approximate surface area is 138 Å². The molecule has 0 aliphatic carbocycles. The smallest absolute Gasteiger partial charge is 0.325 e. The van der Waals surface area contributed by atoms with E-state index in [-0.39, 0.29) is 11.9 Å². The van der Waals surface area contributed by atoms with Gasteiger partial charge in [0.25, 0.3) is 0 Å². The fraction of sp³-hybridized carbons (Fsp3) is 0.278. The molecule has 24 heavy (non-hydrogen) atoms. The Morgan fingerprint density at radius 3 is 2.08 bits per heavy atom. The molecular formula is C18H19F3N2O. The topological polar surface area (TPSA) is 41.1 Å². The van der Waals surface area contributed by atoms with Crippen molar-refractivity contribution in [2.75, 3.05) is 5.32 Å². The van der Waals surface area contributed by atoms with Crippen molar-refractivity contribution in [2.45, 2.75) is 32.1 Å². The van der Waals surface area contributed by atoms with Gasteiger partial charge in [0, 0.05) is 11.7 Å². The summed E-state index contributed by atoms with van der Waals surface area (Å²) in [4.78, 5) is 12.2. The Kier molecular flexibility index (Phi) is 5.62. The van der Waals surface area contributed by atoms with Crippen molar-refractivity contribution in [2.24, 2.45) is 0 Å². The van der Waals surface area contributed by atoms with Crippen LogP contribution in [0.5, 0.6) is 0 Å². The summed E-state index contributed by atoms with van der Waals surface area (Å²) >= 11 is 0. The fourth-order valence-corrected chi connectivity index (χ4v) is 2.28. The second-order valence-electron chi connectivity index (χ2n) is 5.59. The molecule has 2 aromatic carbocycles. The minimum absolute atomic E-state index is 0.0282. The third-order valence-corrected chi connectivity index (χ3v) is 3.67. The lowest BCUT2D eigenvalue weighted by Gasteiger charge is -2.20. The van der Waals surface area contributed by atoms with Gasteiger partial charge in [-0.1, -0.05) is 30.3 Å². The number of hydrogen-bond acceptors (Lipinski definition) is 2. The van der Waals surface area contributed by atoms with E-state index in [0.717, 1.165) is 17.7 Å². The predicted octanol–water partition coefficient (Wildman–Crippen LogP) is 4.38. The Bertz CT molecular complexity index is 669. The van der Waals surface area contributed by atoms with Crippen LogP contribution in [-0.4, -0.2) is 11.9 Å². The quantitative estimate of drug-likeness (QED) is 0.850. The molecule has 1 amide bonds. The summed E-state index contributed by atoms with van der Waals surface area (Å²) in [7, 11) is 0. The first-order chi connectivity index (χ1) is 11.3. The van der Waals surface area contributed by atoms with Crippen LogP contribution < -0.4 is 10.6 Å². The van der Waals surface area contributed by atoms with Crippen molar-refractivity contribution in [1.82, 2.24) is 5.32 Å². The number of hydrogen-bond donors (Lipinski definition) is 2. The van der Waals surface area contributed by atoms with Gasteiger partial charge in [0.1, 0.15) is 0 Å². The molecular weight excluding hydrogens is 317 g/mol. The van der Waals surface area contributed by atoms with Crippen molar-refractivity contribution >= 4 is 11.6 Å². The molecule has 0 saturated heterocycles. The molecule has 3 nitrogen and oxygen atoms in total. The molecule has 0 heterocycles. The van der Waals surface area contributed by atoms with E-state index < -0.39 is 17.8 Å². The number of anilines is 1. The lowest BCUT2D eigenvalue weighted by molar-refractivity contribution is -0.137. The third-order valence-electron chi connectivity index (χ3n) is 3.67. The summed E-state index contributed by atoms with van der Waals surface area (Å²) in [6, 6.07) is 13.5. The average molecular weight is 336 g/mol. The van der Waals surface area contributed by atoms with Gasteiger partial charge in [-0.25, -0.2) is 0 Å². The predicted molar refractivity (Wildman–Crippen MR) is 87.5 cm³/mol. The number of carbonyl (C=O) groups excluding carboxylic acids is 1. The zero-order valence-electron chi connectivity index (χ0n) is 13.4. The maximum atomic E-state index is 12.5. The van der Waals surface area contributed by atoms with E-state index in [0.29, 0.717) is 5.69 Å². The van der Waals surface area contributed by atoms with Gasteiger partial charge < -0.3 is 5.32 Å². The fourth-order valence-electron chi connectivity index (χ4n) is 2.28. The van der Waals surface area contributed by atoms with Crippen LogP contribution in [0, 0.1) is 0 Å². The van der Waals surface area contributed by atoms with Crippen molar-refractivity contribution in [3.05, 3.63) is 65.7 Å². The molecule has 0 aliphatic rings. The second-order valence-corrected chi connectivity index (χ2v) is 5.59. The van der Waals surface area contributed by atoms with Crippen molar-refractivity contribution in [1.29, 1.82) is 0 Å². The molecule has 0 unspecified atom stereocenters. The lowest BCUT2D eigenvalue weighted by Crippen LogP contribution is -2.39. The third kappa shape index (κ3) is 4.83. The number of benzene rings is 2. The molecule has 128 valence electrons. The molecule has 0 spiro atoms. The van der Waals surface area contributed by atoms with Crippen molar-refractivity contribution in [3.63, 3.8) is 0 Å². The van der Waals surface area contributed by atoms with E-state index >= 15 is 0 Å². The van der Waals surface area contributed by atoms with Crippen LogP contribution in [0.3, 0.4) is 0 Å². The monoisotopic (exact) mass is 336 g/mol. The summed E-state index contributed by atoms with van der Waals surface area (Å²) < 4.78 is 37.6. The number of nitrogens with one attached hydrogen (secondary N) is 2. The van der Waals surface area contributed by atoms with Gasteiger partial charge in [0.2, 0.25) is 5.91 Å². The van der Waals surface area contributed by atoms with Crippen LogP contribution >= 0.6 is 0 Å². The largest absolute Gasteiger partial charge is 0.416 e. The van der Waals surface area contributed by atoms with Crippen LogP contribution in [0.4, 0.5) is 18.9 Å². The van der Waals surface area contributed by atoms with Crippen molar-refractivity contribution in [3.8, 4) is 0 Å². The molecule has 0 fully saturated rings. The molecule has 0 saturated carbocycles. The Morgan fingerprint density at radius 2 is 1.54 bits per heavy atom. The van der Waals surface area contributed by atoms with E-state index in [4.69, 9.17) is 0 Å². The van der Waals surface area contributed by atoms with Gasteiger partial charge in [-0.15, -0.1) is 0 Å². The van der Waals surface area contributed by atoms with E-state index in [9.17, 15) is 18.0 Å². The first-order valence-electron chi connectivity index (χ1n) is 7.56. The van der Waals surface area contributed by atoms with Gasteiger partial charge in [-0.05, 0) is 43.7 Å². The van der Waals surface area contributed by atoms with Gasteiger partial charge in [-0.2, -0.15) is 13.2 Å². The second kappa shape index (κ2) is 7.49. The Hall–Kier alpha value is -2.34. The molecule has 0 aromatic heterocycles. The maximum Gasteiger partial charge on any atom is 0.416 e. The number of rotatable bonds is 5. The first kappa shape index (κ1) is 18.0. The summed E-state index contributed by atoms with van der Waals surface area (Å²) in [5, 5.41) is 5.77. The highest BCUT2D eigenvalue weighted by Crippen LogP contribution is 2.29. The van der Waals surface area contributed by atoms with Gasteiger partial charge in [-0.3, -0.25) is 10.1 Å². The van der Waals surface area contributed by atoms with Gasteiger partial charge in [0.15, 0.2) is 0 Å². The number of halogens is 3. The SMILES string of the molecule is C[C@H](N[C@@H](C)c1ccccc1)C(=O)Nc1ccc(C(F)(F)F)cc1. The van der Waals surface area contributed by atoms with Crippen LogP contribution in [0.25, 0.3) is 0 Å². The summed E-state index contributed by atoms with van der Waals surface area (Å²) in [6.45, 7) is 3.65. The minimum atomic E-state index is -4.39. The zero-order valence-corrected chi connectivity index (χ0v) is 13.4. The molecule has 2 aromatic rings. The molecule has 0 aliphatic heterocycles. The maximum absolute atomic E-state index is 12.5. The summed E-state index contributed by atoms with van der Waals surface area (Å²) in [6.07, 6.45) is -4.39. The Morgan fingerprint density at radius 1 is 0.958 bits per heavy atom. The van der Waals surface area contributed by atoms with E-state index in [1.165, 1.54) is 12.1 Å². The number of alkyl halides is 3. The molecule has 6 heteroatoms. The van der Waals surface area contributed by atoms with E-state index in [1.807, 2.05) is 37.3 Å². The van der Waals surface area contributed by atoms with Gasteiger partial charge in [0.05, 0.1) is 11.6 Å². The van der Waals surface area contributed by atoms with E-state index in [1.54, 1.807) is 6.92 Å². The molecule has 2 N–H and O–H groups in total. The van der Waals surface area contributed by atoms with Crippen LogP contribution in [0.1, 0.15) is 31.0 Å². The highest BCUT2D eigenvalue weighted by Gasteiger charge is 2.30. The van der Waals surface area contributed by atoms with Crippen LogP contribution in [-0.2, 0) is 11.0 Å². The zero-order chi connectivity index (χ0) is 17.7. The lowest BCUT2D eigenvalue weighted by atomic mass is 10.1. The molecule has 2 rings (SSSR count). The molecule has 0 radical (unpaired) electrons. The van der Waals surface area contributed by atoms with E-state index in [2.05, 4.69) is 10.6 Å². The van der Waals surface area contributed by atoms with Gasteiger partial charge >= 0.3 is 6.18 Å². The highest BCUT2D eigenvalue weighted by molar-refractivity contribution is 5.94. The number of amides is 1. The van der Waals surface area contributed by atoms with Crippen LogP contribution in [0.15, 0.2) is 54.6 Å². The average Bonchev–Trinajstić information content (AvgIpc) is 2.55. The first-order valence-corrected chi connectivity index (χ1v) is 7.56. The van der Waals surface area contributed by atoms with Crippen LogP contribution in [0.2, 0.25) is 0 Å². The highest BCUT2D eigenvalue weighted by atomic mass is 19.4. The summed E-state index contributed by atoms with van der Waals surface area (Å²) in [5.74, 6) is -0.308. The number of carbonyl (C=O) groups is 1. The Balaban J connectivity index is 1.94. The molecule has 2 atom stereocenters.